The molecule has 19 heavy (non-hydrogen) atoms. The maximum atomic E-state index is 13.6. The second kappa shape index (κ2) is 5.64. The average molecular weight is 276 g/mol. The van der Waals surface area contributed by atoms with Crippen molar-refractivity contribution in [2.45, 2.75) is 0 Å². The van der Waals surface area contributed by atoms with E-state index in [-0.39, 0.29) is 21.7 Å². The van der Waals surface area contributed by atoms with Gasteiger partial charge >= 0.3 is 0 Å². The molecule has 0 aliphatic rings. The van der Waals surface area contributed by atoms with Gasteiger partial charge in [0.05, 0.1) is 16.7 Å². The van der Waals surface area contributed by atoms with Crippen molar-refractivity contribution in [1.29, 1.82) is 5.26 Å². The number of allylic oxidation sites excluding steroid dienone is 1. The molecule has 0 bridgehead atoms. The van der Waals surface area contributed by atoms with Crippen molar-refractivity contribution >= 4 is 23.3 Å². The molecule has 0 fully saturated rings. The van der Waals surface area contributed by atoms with Gasteiger partial charge in [0.15, 0.2) is 0 Å². The molecule has 94 valence electrons. The number of halogens is 3. The first kappa shape index (κ1) is 13.3. The van der Waals surface area contributed by atoms with Crippen molar-refractivity contribution in [2.75, 3.05) is 0 Å². The molecule has 0 heterocycles. The summed E-state index contributed by atoms with van der Waals surface area (Å²) in [5, 5.41) is 9.27. The van der Waals surface area contributed by atoms with Crippen molar-refractivity contribution < 1.29 is 8.78 Å². The number of nitrogens with zero attached hydrogens (tertiary/aromatic N) is 1. The first-order chi connectivity index (χ1) is 9.13. The number of hydrogen-bond acceptors (Lipinski definition) is 1. The lowest BCUT2D eigenvalue weighted by atomic mass is 10.0. The van der Waals surface area contributed by atoms with Gasteiger partial charge in [0.2, 0.25) is 0 Å². The fourth-order valence-electron chi connectivity index (χ4n) is 1.64. The zero-order chi connectivity index (χ0) is 13.8. The Morgan fingerprint density at radius 1 is 1.05 bits per heavy atom. The van der Waals surface area contributed by atoms with Crippen LogP contribution in [-0.4, -0.2) is 0 Å². The van der Waals surface area contributed by atoms with Gasteiger partial charge in [-0.3, -0.25) is 0 Å². The third kappa shape index (κ3) is 2.81. The lowest BCUT2D eigenvalue weighted by Crippen LogP contribution is -1.89. The Labute approximate surface area is 114 Å². The molecule has 0 amide bonds. The molecule has 0 aliphatic heterocycles. The van der Waals surface area contributed by atoms with E-state index in [0.29, 0.717) is 0 Å². The second-order valence-electron chi connectivity index (χ2n) is 3.78. The Kier molecular flexibility index (Phi) is 3.94. The van der Waals surface area contributed by atoms with E-state index in [1.807, 2.05) is 6.07 Å². The van der Waals surface area contributed by atoms with E-state index in [0.717, 1.165) is 0 Å². The van der Waals surface area contributed by atoms with Gasteiger partial charge in [0.25, 0.3) is 0 Å². The lowest BCUT2D eigenvalue weighted by molar-refractivity contribution is 0.623. The van der Waals surface area contributed by atoms with Crippen LogP contribution in [0.1, 0.15) is 11.1 Å². The molecule has 2 aromatic carbocycles. The highest BCUT2D eigenvalue weighted by molar-refractivity contribution is 6.32. The molecule has 1 nitrogen and oxygen atoms in total. The molecular formula is C15H8ClF2N. The first-order valence-corrected chi connectivity index (χ1v) is 5.82. The summed E-state index contributed by atoms with van der Waals surface area (Å²) in [5.74, 6) is -1.10. The molecule has 0 radical (unpaired) electrons. The quantitative estimate of drug-likeness (QED) is 0.576. The van der Waals surface area contributed by atoms with Crippen LogP contribution in [0.15, 0.2) is 42.5 Å². The summed E-state index contributed by atoms with van der Waals surface area (Å²) in [4.78, 5) is 0. The van der Waals surface area contributed by atoms with Crippen molar-refractivity contribution in [1.82, 2.24) is 0 Å². The maximum Gasteiger partial charge on any atom is 0.131 e. The van der Waals surface area contributed by atoms with Crippen LogP contribution in [-0.2, 0) is 0 Å². The van der Waals surface area contributed by atoms with Crippen molar-refractivity contribution in [3.8, 4) is 6.07 Å². The van der Waals surface area contributed by atoms with Crippen molar-refractivity contribution in [3.63, 3.8) is 0 Å². The van der Waals surface area contributed by atoms with E-state index in [2.05, 4.69) is 0 Å². The summed E-state index contributed by atoms with van der Waals surface area (Å²) in [6, 6.07) is 11.9. The number of hydrogen-bond donors (Lipinski definition) is 0. The Balaban J connectivity index is 2.58. The van der Waals surface area contributed by atoms with Crippen molar-refractivity contribution in [2.24, 2.45) is 0 Å². The van der Waals surface area contributed by atoms with Crippen LogP contribution in [0.5, 0.6) is 0 Å². The highest BCUT2D eigenvalue weighted by atomic mass is 35.5. The van der Waals surface area contributed by atoms with Crippen LogP contribution in [0.4, 0.5) is 8.78 Å². The molecule has 4 heteroatoms. The molecule has 0 saturated carbocycles. The van der Waals surface area contributed by atoms with Gasteiger partial charge in [-0.2, -0.15) is 5.26 Å². The van der Waals surface area contributed by atoms with Gasteiger partial charge in [-0.15, -0.1) is 0 Å². The second-order valence-corrected chi connectivity index (χ2v) is 4.19. The highest BCUT2D eigenvalue weighted by Crippen LogP contribution is 2.26. The van der Waals surface area contributed by atoms with E-state index in [1.165, 1.54) is 42.5 Å². The van der Waals surface area contributed by atoms with Crippen LogP contribution >= 0.6 is 11.6 Å². The molecule has 0 saturated heterocycles. The summed E-state index contributed by atoms with van der Waals surface area (Å²) in [6.07, 6.45) is 1.25. The van der Waals surface area contributed by atoms with E-state index >= 15 is 0 Å². The van der Waals surface area contributed by atoms with Crippen LogP contribution in [0.3, 0.4) is 0 Å². The third-order valence-electron chi connectivity index (χ3n) is 2.57. The monoisotopic (exact) mass is 275 g/mol. The Bertz CT molecular complexity index is 667. The molecular weight excluding hydrogens is 268 g/mol. The zero-order valence-electron chi connectivity index (χ0n) is 9.70. The van der Waals surface area contributed by atoms with Gasteiger partial charge < -0.3 is 0 Å². The molecule has 2 rings (SSSR count). The topological polar surface area (TPSA) is 23.8 Å². The SMILES string of the molecule is N#CC(=Cc1c(F)cccc1Cl)c1ccccc1F. The summed E-state index contributed by atoms with van der Waals surface area (Å²) in [6.45, 7) is 0. The summed E-state index contributed by atoms with van der Waals surface area (Å²) in [5.41, 5.74) is 0.207. The summed E-state index contributed by atoms with van der Waals surface area (Å²) in [7, 11) is 0. The van der Waals surface area contributed by atoms with Crippen LogP contribution in [0, 0.1) is 23.0 Å². The molecule has 0 spiro atoms. The standard InChI is InChI=1S/C15H8ClF2N/c16-13-5-3-7-15(18)12(13)8-10(9-19)11-4-1-2-6-14(11)17/h1-8H. The largest absolute Gasteiger partial charge is 0.206 e. The predicted octanol–water partition coefficient (Wildman–Crippen LogP) is 4.68. The summed E-state index contributed by atoms with van der Waals surface area (Å²) >= 11 is 5.87. The average Bonchev–Trinajstić information content (AvgIpc) is 2.40. The molecule has 2 aromatic rings. The lowest BCUT2D eigenvalue weighted by Gasteiger charge is -2.03. The van der Waals surface area contributed by atoms with Gasteiger partial charge in [0, 0.05) is 11.1 Å². The van der Waals surface area contributed by atoms with Crippen LogP contribution in [0.2, 0.25) is 5.02 Å². The highest BCUT2D eigenvalue weighted by Gasteiger charge is 2.10. The minimum Gasteiger partial charge on any atom is -0.206 e. The molecule has 0 N–H and O–H groups in total. The third-order valence-corrected chi connectivity index (χ3v) is 2.90. The van der Waals surface area contributed by atoms with E-state index in [9.17, 15) is 8.78 Å². The number of benzene rings is 2. The molecule has 0 aromatic heterocycles. The minimum atomic E-state index is -0.559. The predicted molar refractivity (Wildman–Crippen MR) is 71.3 cm³/mol. The Hall–Kier alpha value is -2.18. The maximum absolute atomic E-state index is 13.6. The fraction of sp³-hybridized carbons (Fsp3) is 0. The molecule has 0 aliphatic carbocycles. The smallest absolute Gasteiger partial charge is 0.131 e. The van der Waals surface area contributed by atoms with Crippen molar-refractivity contribution in [3.05, 3.63) is 70.2 Å². The van der Waals surface area contributed by atoms with Gasteiger partial charge in [-0.25, -0.2) is 8.78 Å². The Morgan fingerprint density at radius 2 is 1.74 bits per heavy atom. The molecule has 0 atom stereocenters. The zero-order valence-corrected chi connectivity index (χ0v) is 10.5. The minimum absolute atomic E-state index is 0.0186. The summed E-state index contributed by atoms with van der Waals surface area (Å²) < 4.78 is 27.2. The number of nitriles is 1. The van der Waals surface area contributed by atoms with E-state index < -0.39 is 11.6 Å². The fourth-order valence-corrected chi connectivity index (χ4v) is 1.86. The van der Waals surface area contributed by atoms with Gasteiger partial charge in [-0.1, -0.05) is 35.9 Å². The van der Waals surface area contributed by atoms with Crippen LogP contribution < -0.4 is 0 Å². The first-order valence-electron chi connectivity index (χ1n) is 5.44. The Morgan fingerprint density at radius 3 is 2.37 bits per heavy atom. The van der Waals surface area contributed by atoms with Gasteiger partial charge in [-0.05, 0) is 24.3 Å². The van der Waals surface area contributed by atoms with E-state index in [1.54, 1.807) is 6.07 Å². The van der Waals surface area contributed by atoms with E-state index in [4.69, 9.17) is 16.9 Å². The normalized spacial score (nSPS) is 11.2. The number of rotatable bonds is 2. The van der Waals surface area contributed by atoms with Gasteiger partial charge in [0.1, 0.15) is 11.6 Å². The molecule has 0 unspecified atom stereocenters. The van der Waals surface area contributed by atoms with Crippen LogP contribution in [0.25, 0.3) is 11.6 Å².